The van der Waals surface area contributed by atoms with Crippen LogP contribution in [0.4, 0.5) is 5.69 Å². The molecule has 7 unspecified atom stereocenters. The zero-order valence-corrected chi connectivity index (χ0v) is 34.2. The Labute approximate surface area is 332 Å². The molecule has 0 bridgehead atoms. The molecular formula is C53H64N2. The van der Waals surface area contributed by atoms with Crippen LogP contribution in [0.2, 0.25) is 0 Å². The van der Waals surface area contributed by atoms with Gasteiger partial charge >= 0.3 is 0 Å². The molecule has 8 aliphatic carbocycles. The summed E-state index contributed by atoms with van der Waals surface area (Å²) in [4.78, 5) is 5.64. The Morgan fingerprint density at radius 3 is 2.45 bits per heavy atom. The first-order valence-electron chi connectivity index (χ1n) is 22.4. The van der Waals surface area contributed by atoms with Gasteiger partial charge in [0, 0.05) is 40.2 Å². The maximum atomic E-state index is 2.94. The average Bonchev–Trinajstić information content (AvgIpc) is 3.63. The molecular weight excluding hydrogens is 665 g/mol. The zero-order chi connectivity index (χ0) is 37.3. The van der Waals surface area contributed by atoms with Crippen molar-refractivity contribution in [2.75, 3.05) is 4.90 Å². The lowest BCUT2D eigenvalue weighted by Gasteiger charge is -2.45. The average molecular weight is 729 g/mol. The molecule has 2 nitrogen and oxygen atoms in total. The van der Waals surface area contributed by atoms with Crippen LogP contribution in [0.1, 0.15) is 129 Å². The van der Waals surface area contributed by atoms with Crippen LogP contribution in [0.15, 0.2) is 137 Å². The van der Waals surface area contributed by atoms with E-state index in [9.17, 15) is 0 Å². The number of hydrogen-bond acceptors (Lipinski definition) is 2. The normalized spacial score (nSPS) is 35.7. The third kappa shape index (κ3) is 5.94. The molecule has 10 rings (SSSR count). The second-order valence-electron chi connectivity index (χ2n) is 19.5. The predicted molar refractivity (Wildman–Crippen MR) is 232 cm³/mol. The van der Waals surface area contributed by atoms with E-state index in [2.05, 4.69) is 141 Å². The van der Waals surface area contributed by atoms with Gasteiger partial charge in [-0.25, -0.2) is 0 Å². The van der Waals surface area contributed by atoms with Crippen molar-refractivity contribution in [3.63, 3.8) is 0 Å². The molecule has 0 radical (unpaired) electrons. The van der Waals surface area contributed by atoms with Gasteiger partial charge < -0.3 is 9.80 Å². The highest BCUT2D eigenvalue weighted by atomic mass is 15.2. The quantitative estimate of drug-likeness (QED) is 0.288. The molecule has 1 aliphatic heterocycles. The number of anilines is 1. The fraction of sp³-hybridized carbons (Fsp3) is 0.509. The van der Waals surface area contributed by atoms with Gasteiger partial charge in [-0.1, -0.05) is 113 Å². The lowest BCUT2D eigenvalue weighted by Crippen LogP contribution is -2.43. The van der Waals surface area contributed by atoms with Crippen LogP contribution in [0.25, 0.3) is 0 Å². The molecule has 1 aromatic carbocycles. The van der Waals surface area contributed by atoms with E-state index in [1.165, 1.54) is 97.9 Å². The highest BCUT2D eigenvalue weighted by Crippen LogP contribution is 2.58. The monoisotopic (exact) mass is 729 g/mol. The Bertz CT molecular complexity index is 2030. The van der Waals surface area contributed by atoms with E-state index in [1.807, 2.05) is 5.57 Å². The van der Waals surface area contributed by atoms with Gasteiger partial charge in [0.25, 0.3) is 0 Å². The summed E-state index contributed by atoms with van der Waals surface area (Å²) in [5.41, 5.74) is 14.1. The smallest absolute Gasteiger partial charge is 0.0560 e. The molecule has 2 heteroatoms. The molecule has 1 heterocycles. The summed E-state index contributed by atoms with van der Waals surface area (Å²) >= 11 is 0. The fourth-order valence-electron chi connectivity index (χ4n) is 13.2. The second kappa shape index (κ2) is 14.0. The van der Waals surface area contributed by atoms with Gasteiger partial charge in [-0.05, 0) is 165 Å². The van der Waals surface area contributed by atoms with E-state index in [1.54, 1.807) is 11.4 Å². The second-order valence-corrected chi connectivity index (χ2v) is 19.5. The van der Waals surface area contributed by atoms with E-state index < -0.39 is 0 Å². The predicted octanol–water partition coefficient (Wildman–Crippen LogP) is 13.4. The molecule has 0 spiro atoms. The van der Waals surface area contributed by atoms with Gasteiger partial charge in [0.1, 0.15) is 0 Å². The van der Waals surface area contributed by atoms with Crippen molar-refractivity contribution in [2.24, 2.45) is 29.6 Å². The first kappa shape index (κ1) is 35.6. The standard InChI is InChI=1S/C53H64N2/c1-36-33-50-46(44-19-11-12-20-49(44)55(50)40-17-9-6-10-18-40)35-45(36)39-24-28-42(29-25-39)54(41-26-22-38(23-27-41)37-15-7-5-8-16-37)43-30-31-47-48(34-43)52(2,3)51-21-13-14-32-53(47,51)4/h5,7,13-15,17,21-24,26,28-32,34,36,39,41,45-46,50-51H,6,8-12,16,18-20,25,27,33,35H2,1-4H3/t36?,39?,41?,45?,46?,50-,51?,53?/m0/s1. The largest absolute Gasteiger partial charge is 0.345 e. The summed E-state index contributed by atoms with van der Waals surface area (Å²) in [5.74, 6) is 3.36. The number of hydrogen-bond donors (Lipinski definition) is 0. The Balaban J connectivity index is 0.939. The molecule has 0 saturated heterocycles. The molecule has 1 aromatic rings. The zero-order valence-electron chi connectivity index (χ0n) is 34.2. The van der Waals surface area contributed by atoms with Crippen molar-refractivity contribution in [3.8, 4) is 0 Å². The minimum absolute atomic E-state index is 0.0482. The van der Waals surface area contributed by atoms with Gasteiger partial charge in [-0.3, -0.25) is 0 Å². The Hall–Kier alpha value is -3.78. The highest BCUT2D eigenvalue weighted by molar-refractivity contribution is 5.65. The minimum Gasteiger partial charge on any atom is -0.345 e. The summed E-state index contributed by atoms with van der Waals surface area (Å²) in [5, 5.41) is 0. The van der Waals surface area contributed by atoms with Crippen LogP contribution in [-0.2, 0) is 10.8 Å². The molecule has 0 aromatic heterocycles. The number of benzene rings is 1. The number of allylic oxidation sites excluding steroid dienone is 16. The molecule has 1 fully saturated rings. The molecule has 286 valence electrons. The Morgan fingerprint density at radius 2 is 1.67 bits per heavy atom. The summed E-state index contributed by atoms with van der Waals surface area (Å²) in [7, 11) is 0. The van der Waals surface area contributed by atoms with Crippen LogP contribution in [0.3, 0.4) is 0 Å². The lowest BCUT2D eigenvalue weighted by molar-refractivity contribution is 0.102. The van der Waals surface area contributed by atoms with Crippen LogP contribution in [0.5, 0.6) is 0 Å². The maximum Gasteiger partial charge on any atom is 0.0560 e. The van der Waals surface area contributed by atoms with E-state index in [-0.39, 0.29) is 10.8 Å². The van der Waals surface area contributed by atoms with E-state index in [4.69, 9.17) is 0 Å². The lowest BCUT2D eigenvalue weighted by atomic mass is 9.64. The topological polar surface area (TPSA) is 6.48 Å². The minimum atomic E-state index is 0.0482. The number of nitrogens with zero attached hydrogens (tertiary/aromatic N) is 2. The van der Waals surface area contributed by atoms with Crippen molar-refractivity contribution in [2.45, 2.75) is 141 Å². The summed E-state index contributed by atoms with van der Waals surface area (Å²) < 4.78 is 0. The van der Waals surface area contributed by atoms with Gasteiger partial charge in [0.15, 0.2) is 0 Å². The van der Waals surface area contributed by atoms with E-state index in [0.717, 1.165) is 43.4 Å². The molecule has 0 amide bonds. The Kier molecular flexibility index (Phi) is 9.07. The van der Waals surface area contributed by atoms with E-state index in [0.29, 0.717) is 23.9 Å². The molecule has 8 atom stereocenters. The van der Waals surface area contributed by atoms with Crippen molar-refractivity contribution in [1.82, 2.24) is 4.90 Å². The highest BCUT2D eigenvalue weighted by Gasteiger charge is 2.52. The molecule has 9 aliphatic rings. The first-order valence-corrected chi connectivity index (χ1v) is 22.4. The maximum absolute atomic E-state index is 2.94. The van der Waals surface area contributed by atoms with Gasteiger partial charge in [-0.2, -0.15) is 0 Å². The summed E-state index contributed by atoms with van der Waals surface area (Å²) in [6.45, 7) is 10.0. The van der Waals surface area contributed by atoms with Crippen molar-refractivity contribution in [1.29, 1.82) is 0 Å². The van der Waals surface area contributed by atoms with Crippen LogP contribution in [-0.4, -0.2) is 17.0 Å². The van der Waals surface area contributed by atoms with Crippen LogP contribution < -0.4 is 4.90 Å². The van der Waals surface area contributed by atoms with Gasteiger partial charge in [-0.15, -0.1) is 0 Å². The van der Waals surface area contributed by atoms with Crippen molar-refractivity contribution < 1.29 is 0 Å². The molecule has 0 N–H and O–H groups in total. The van der Waals surface area contributed by atoms with Gasteiger partial charge in [0.05, 0.1) is 6.04 Å². The SMILES string of the molecule is CC1C[C@H]2C(CC1C1C=CC(N(c3ccc4c(c3)C(C)(C)C3C=CC=CC43C)C3C=CC(C4=CC=CCC4)=CC3)=CC1)C1=C(CCCC1)N2C1=CCCCC1. The van der Waals surface area contributed by atoms with Crippen LogP contribution in [0, 0.1) is 29.6 Å². The Morgan fingerprint density at radius 1 is 0.782 bits per heavy atom. The number of fused-ring (bicyclic) bond motifs is 5. The van der Waals surface area contributed by atoms with E-state index >= 15 is 0 Å². The third-order valence-corrected chi connectivity index (χ3v) is 16.0. The first-order chi connectivity index (χ1) is 26.8. The van der Waals surface area contributed by atoms with Gasteiger partial charge in [0.2, 0.25) is 0 Å². The fourth-order valence-corrected chi connectivity index (χ4v) is 13.2. The number of rotatable bonds is 6. The summed E-state index contributed by atoms with van der Waals surface area (Å²) in [6, 6.07) is 8.51. The van der Waals surface area contributed by atoms with Crippen LogP contribution >= 0.6 is 0 Å². The van der Waals surface area contributed by atoms with Crippen molar-refractivity contribution in [3.05, 3.63) is 148 Å². The third-order valence-electron chi connectivity index (χ3n) is 16.0. The summed E-state index contributed by atoms with van der Waals surface area (Å²) in [6.07, 6.45) is 52.2. The molecule has 55 heavy (non-hydrogen) atoms. The van der Waals surface area contributed by atoms with Crippen molar-refractivity contribution >= 4 is 5.69 Å². The molecule has 1 saturated carbocycles.